The summed E-state index contributed by atoms with van der Waals surface area (Å²) < 4.78 is 40.5. The maximum Gasteiger partial charge on any atom is 0.239 e. The van der Waals surface area contributed by atoms with E-state index in [0.29, 0.717) is 5.56 Å². The molecule has 0 aliphatic rings. The van der Waals surface area contributed by atoms with E-state index >= 15 is 0 Å². The molecule has 118 valence electrons. The van der Waals surface area contributed by atoms with Gasteiger partial charge in [-0.25, -0.2) is 12.8 Å². The van der Waals surface area contributed by atoms with Crippen LogP contribution in [0.5, 0.6) is 0 Å². The largest absolute Gasteiger partial charge is 0.276 e. The highest BCUT2D eigenvalue weighted by molar-refractivity contribution is 7.89. The van der Waals surface area contributed by atoms with Crippen LogP contribution >= 0.6 is 11.6 Å². The van der Waals surface area contributed by atoms with Gasteiger partial charge in [-0.2, -0.15) is 5.10 Å². The fourth-order valence-corrected chi connectivity index (χ4v) is 3.07. The molecule has 0 spiro atoms. The minimum absolute atomic E-state index is 0.0956. The fourth-order valence-electron chi connectivity index (χ4n) is 1.84. The lowest BCUT2D eigenvalue weighted by molar-refractivity contribution is -0.118. The Bertz CT molecular complexity index is 805. The second-order valence-electron chi connectivity index (χ2n) is 4.73. The number of rotatable bonds is 5. The van der Waals surface area contributed by atoms with Gasteiger partial charge in [-0.3, -0.25) is 14.2 Å². The third kappa shape index (κ3) is 4.54. The van der Waals surface area contributed by atoms with Gasteiger partial charge in [0.05, 0.1) is 23.4 Å². The summed E-state index contributed by atoms with van der Waals surface area (Å²) in [6.07, 6.45) is 2.98. The molecule has 6 nitrogen and oxygen atoms in total. The summed E-state index contributed by atoms with van der Waals surface area (Å²) in [5.74, 6) is -1.90. The molecule has 9 heteroatoms. The number of sulfonamides is 1. The van der Waals surface area contributed by atoms with Gasteiger partial charge in [0.25, 0.3) is 0 Å². The molecular formula is C13H13ClFN3O3S. The van der Waals surface area contributed by atoms with Crippen molar-refractivity contribution >= 4 is 27.5 Å². The maximum absolute atomic E-state index is 13.3. The van der Waals surface area contributed by atoms with E-state index in [1.807, 2.05) is 4.72 Å². The molecule has 0 bridgehead atoms. The summed E-state index contributed by atoms with van der Waals surface area (Å²) in [4.78, 5) is 11.7. The van der Waals surface area contributed by atoms with Gasteiger partial charge in [-0.15, -0.1) is 0 Å². The summed E-state index contributed by atoms with van der Waals surface area (Å²) in [7, 11) is -2.23. The third-order valence-corrected chi connectivity index (χ3v) is 4.29. The number of benzene rings is 1. The number of carbonyl (C=O) groups is 1. The Balaban J connectivity index is 2.01. The van der Waals surface area contributed by atoms with E-state index in [1.54, 1.807) is 13.2 Å². The smallest absolute Gasteiger partial charge is 0.239 e. The van der Waals surface area contributed by atoms with E-state index in [1.165, 1.54) is 23.0 Å². The second-order valence-corrected chi connectivity index (χ2v) is 6.86. The van der Waals surface area contributed by atoms with Crippen LogP contribution in [0.1, 0.15) is 11.1 Å². The van der Waals surface area contributed by atoms with Gasteiger partial charge < -0.3 is 0 Å². The lowest BCUT2D eigenvalue weighted by atomic mass is 10.2. The SMILES string of the molecule is Cn1cc(CC(=O)NS(=O)(=O)Cc2ccc(Cl)c(F)c2)cn1. The Morgan fingerprint density at radius 2 is 2.14 bits per heavy atom. The zero-order valence-corrected chi connectivity index (χ0v) is 13.2. The predicted molar refractivity (Wildman–Crippen MR) is 79.1 cm³/mol. The maximum atomic E-state index is 13.3. The molecule has 0 radical (unpaired) electrons. The average molecular weight is 346 g/mol. The molecule has 0 aliphatic carbocycles. The van der Waals surface area contributed by atoms with Gasteiger partial charge >= 0.3 is 0 Å². The number of aromatic nitrogens is 2. The Morgan fingerprint density at radius 1 is 1.41 bits per heavy atom. The van der Waals surface area contributed by atoms with Crippen molar-refractivity contribution in [3.8, 4) is 0 Å². The van der Waals surface area contributed by atoms with E-state index in [9.17, 15) is 17.6 Å². The Labute approximate surface area is 131 Å². The van der Waals surface area contributed by atoms with E-state index in [4.69, 9.17) is 11.6 Å². The number of halogens is 2. The molecule has 0 atom stereocenters. The molecule has 1 amide bonds. The van der Waals surface area contributed by atoms with Crippen molar-refractivity contribution in [1.29, 1.82) is 0 Å². The average Bonchev–Trinajstić information content (AvgIpc) is 2.78. The predicted octanol–water partition coefficient (Wildman–Crippen LogP) is 1.40. The first-order valence-corrected chi connectivity index (χ1v) is 8.23. The molecule has 0 fully saturated rings. The van der Waals surface area contributed by atoms with Crippen LogP contribution in [0.4, 0.5) is 4.39 Å². The van der Waals surface area contributed by atoms with Crippen LogP contribution in [0.25, 0.3) is 0 Å². The lowest BCUT2D eigenvalue weighted by Crippen LogP contribution is -2.32. The monoisotopic (exact) mass is 345 g/mol. The molecule has 1 heterocycles. The number of aryl methyl sites for hydroxylation is 1. The highest BCUT2D eigenvalue weighted by Gasteiger charge is 2.17. The first-order valence-electron chi connectivity index (χ1n) is 6.20. The molecule has 0 aliphatic heterocycles. The normalized spacial score (nSPS) is 11.4. The molecule has 2 aromatic rings. The Kier molecular flexibility index (Phi) is 4.82. The van der Waals surface area contributed by atoms with Gasteiger partial charge in [0, 0.05) is 13.2 Å². The van der Waals surface area contributed by atoms with Crippen molar-refractivity contribution in [2.75, 3.05) is 0 Å². The Hall–Kier alpha value is -1.93. The van der Waals surface area contributed by atoms with Crippen molar-refractivity contribution in [2.45, 2.75) is 12.2 Å². The van der Waals surface area contributed by atoms with Crippen molar-refractivity contribution in [2.24, 2.45) is 7.05 Å². The van der Waals surface area contributed by atoms with E-state index in [2.05, 4.69) is 5.10 Å². The number of nitrogens with one attached hydrogen (secondary N) is 1. The summed E-state index contributed by atoms with van der Waals surface area (Å²) in [6, 6.07) is 3.67. The van der Waals surface area contributed by atoms with E-state index in [-0.39, 0.29) is 17.0 Å². The van der Waals surface area contributed by atoms with E-state index < -0.39 is 27.5 Å². The molecule has 0 saturated carbocycles. The molecule has 22 heavy (non-hydrogen) atoms. The quantitative estimate of drug-likeness (QED) is 0.888. The molecule has 1 aromatic heterocycles. The highest BCUT2D eigenvalue weighted by atomic mass is 35.5. The highest BCUT2D eigenvalue weighted by Crippen LogP contribution is 2.16. The van der Waals surface area contributed by atoms with Gasteiger partial charge in [0.1, 0.15) is 5.82 Å². The van der Waals surface area contributed by atoms with Crippen LogP contribution in [0, 0.1) is 5.82 Å². The molecule has 1 aromatic carbocycles. The van der Waals surface area contributed by atoms with Gasteiger partial charge in [-0.05, 0) is 23.3 Å². The van der Waals surface area contributed by atoms with E-state index in [0.717, 1.165) is 6.07 Å². The fraction of sp³-hybridized carbons (Fsp3) is 0.231. The van der Waals surface area contributed by atoms with Crippen LogP contribution in [0.3, 0.4) is 0 Å². The molecule has 0 saturated heterocycles. The topological polar surface area (TPSA) is 81.1 Å². The van der Waals surface area contributed by atoms with Gasteiger partial charge in [-0.1, -0.05) is 17.7 Å². The van der Waals surface area contributed by atoms with Crippen LogP contribution in [0.15, 0.2) is 30.6 Å². The molecule has 0 unspecified atom stereocenters. The summed E-state index contributed by atoms with van der Waals surface area (Å²) in [5.41, 5.74) is 0.788. The summed E-state index contributed by atoms with van der Waals surface area (Å²) in [5, 5.41) is 3.79. The zero-order chi connectivity index (χ0) is 16.3. The number of carbonyl (C=O) groups excluding carboxylic acids is 1. The minimum Gasteiger partial charge on any atom is -0.276 e. The number of amides is 1. The number of hydrogen-bond acceptors (Lipinski definition) is 4. The van der Waals surface area contributed by atoms with Gasteiger partial charge in [0.2, 0.25) is 15.9 Å². The standard InChI is InChI=1S/C13H13ClFN3O3S/c1-18-7-10(6-16-18)5-13(19)17-22(20,21)8-9-2-3-11(14)12(15)4-9/h2-4,6-7H,5,8H2,1H3,(H,17,19). The Morgan fingerprint density at radius 3 is 2.73 bits per heavy atom. The first-order chi connectivity index (χ1) is 10.2. The van der Waals surface area contributed by atoms with Crippen LogP contribution in [-0.2, 0) is 34.0 Å². The van der Waals surface area contributed by atoms with Crippen LogP contribution < -0.4 is 4.72 Å². The third-order valence-electron chi connectivity index (χ3n) is 2.73. The lowest BCUT2D eigenvalue weighted by Gasteiger charge is -2.07. The molecular weight excluding hydrogens is 333 g/mol. The van der Waals surface area contributed by atoms with Crippen molar-refractivity contribution in [1.82, 2.24) is 14.5 Å². The van der Waals surface area contributed by atoms with Crippen molar-refractivity contribution in [3.05, 3.63) is 52.6 Å². The molecule has 1 N–H and O–H groups in total. The number of hydrogen-bond donors (Lipinski definition) is 1. The summed E-state index contributed by atoms with van der Waals surface area (Å²) in [6.45, 7) is 0. The summed E-state index contributed by atoms with van der Waals surface area (Å²) >= 11 is 5.53. The zero-order valence-electron chi connectivity index (χ0n) is 11.6. The number of nitrogens with zero attached hydrogens (tertiary/aromatic N) is 2. The minimum atomic E-state index is -3.91. The second kappa shape index (κ2) is 6.45. The van der Waals surface area contributed by atoms with Crippen LogP contribution in [0.2, 0.25) is 5.02 Å². The van der Waals surface area contributed by atoms with Gasteiger partial charge in [0.15, 0.2) is 0 Å². The molecule has 2 rings (SSSR count). The first kappa shape index (κ1) is 16.4. The van der Waals surface area contributed by atoms with Crippen LogP contribution in [-0.4, -0.2) is 24.1 Å². The van der Waals surface area contributed by atoms with Crippen molar-refractivity contribution in [3.63, 3.8) is 0 Å². The van der Waals surface area contributed by atoms with Crippen molar-refractivity contribution < 1.29 is 17.6 Å².